The third-order valence-electron chi connectivity index (χ3n) is 4.10. The number of halogens is 1. The van der Waals surface area contributed by atoms with Crippen molar-refractivity contribution in [3.05, 3.63) is 23.8 Å². The molecule has 3 N–H and O–H groups in total. The molecular formula is C18H27BClNO7. The molecule has 2 rings (SSSR count). The second kappa shape index (κ2) is 11.3. The van der Waals surface area contributed by atoms with Gasteiger partial charge in [0.05, 0.1) is 12.0 Å². The summed E-state index contributed by atoms with van der Waals surface area (Å²) < 4.78 is 21.6. The molecule has 0 spiro atoms. The molecule has 0 bridgehead atoms. The van der Waals surface area contributed by atoms with Crippen molar-refractivity contribution in [1.29, 1.82) is 0 Å². The molecule has 0 aliphatic carbocycles. The van der Waals surface area contributed by atoms with Gasteiger partial charge >= 0.3 is 19.1 Å². The number of esters is 2. The van der Waals surface area contributed by atoms with Gasteiger partial charge in [0.25, 0.3) is 0 Å². The summed E-state index contributed by atoms with van der Waals surface area (Å²) in [5.41, 5.74) is 6.93. The van der Waals surface area contributed by atoms with Crippen LogP contribution in [0.4, 0.5) is 0 Å². The first-order valence-electron chi connectivity index (χ1n) is 9.02. The summed E-state index contributed by atoms with van der Waals surface area (Å²) in [6.45, 7) is 5.19. The van der Waals surface area contributed by atoms with Gasteiger partial charge in [0.15, 0.2) is 6.10 Å². The summed E-state index contributed by atoms with van der Waals surface area (Å²) in [7, 11) is -1.14. The normalized spacial score (nSPS) is 16.2. The number of benzene rings is 1. The molecule has 1 aliphatic rings. The third-order valence-corrected chi connectivity index (χ3v) is 4.10. The summed E-state index contributed by atoms with van der Waals surface area (Å²) in [6.07, 6.45) is -0.972. The van der Waals surface area contributed by atoms with Crippen LogP contribution in [0.3, 0.4) is 0 Å². The van der Waals surface area contributed by atoms with Crippen molar-refractivity contribution >= 4 is 36.9 Å². The Balaban J connectivity index is 0.00000392. The highest BCUT2D eigenvalue weighted by Crippen LogP contribution is 2.26. The highest BCUT2D eigenvalue weighted by atomic mass is 35.5. The first-order chi connectivity index (χ1) is 12.9. The molecule has 1 heterocycles. The lowest BCUT2D eigenvalue weighted by Gasteiger charge is -2.20. The van der Waals surface area contributed by atoms with Gasteiger partial charge in [-0.1, -0.05) is 32.9 Å². The Morgan fingerprint density at radius 3 is 2.64 bits per heavy atom. The molecule has 2 atom stereocenters. The van der Waals surface area contributed by atoms with Crippen LogP contribution in [0.5, 0.6) is 5.75 Å². The third kappa shape index (κ3) is 6.10. The van der Waals surface area contributed by atoms with Gasteiger partial charge in [-0.3, -0.25) is 9.59 Å². The second-order valence-electron chi connectivity index (χ2n) is 6.53. The Kier molecular flexibility index (Phi) is 9.74. The fourth-order valence-corrected chi connectivity index (χ4v) is 2.62. The molecule has 0 amide bonds. The van der Waals surface area contributed by atoms with Crippen molar-refractivity contribution in [3.8, 4) is 5.75 Å². The molecule has 1 aliphatic heterocycles. The zero-order valence-corrected chi connectivity index (χ0v) is 17.1. The molecule has 1 aromatic rings. The van der Waals surface area contributed by atoms with Gasteiger partial charge in [-0.15, -0.1) is 12.4 Å². The first kappa shape index (κ1) is 24.2. The Hall–Kier alpha value is -1.81. The first-order valence-corrected chi connectivity index (χ1v) is 9.02. The number of hydrogen-bond acceptors (Lipinski definition) is 8. The Bertz CT molecular complexity index is 673. The zero-order valence-electron chi connectivity index (χ0n) is 16.3. The molecule has 0 radical (unpaired) electrons. The van der Waals surface area contributed by atoms with E-state index in [0.29, 0.717) is 11.2 Å². The van der Waals surface area contributed by atoms with E-state index in [1.54, 1.807) is 32.9 Å². The lowest BCUT2D eigenvalue weighted by atomic mass is 9.78. The van der Waals surface area contributed by atoms with Crippen LogP contribution >= 0.6 is 12.4 Å². The monoisotopic (exact) mass is 415 g/mol. The molecule has 156 valence electrons. The molecule has 0 aromatic heterocycles. The highest BCUT2D eigenvalue weighted by Gasteiger charge is 2.37. The number of carbonyl (C=O) groups is 2. The second-order valence-corrected chi connectivity index (χ2v) is 6.53. The van der Waals surface area contributed by atoms with Gasteiger partial charge in [-0.05, 0) is 11.6 Å². The highest BCUT2D eigenvalue weighted by molar-refractivity contribution is 6.62. The maximum absolute atomic E-state index is 11.7. The van der Waals surface area contributed by atoms with E-state index in [1.165, 1.54) is 0 Å². The van der Waals surface area contributed by atoms with E-state index in [0.717, 1.165) is 5.56 Å². The minimum atomic E-state index is -1.14. The van der Waals surface area contributed by atoms with Crippen molar-refractivity contribution in [3.63, 3.8) is 0 Å². The summed E-state index contributed by atoms with van der Waals surface area (Å²) >= 11 is 0. The van der Waals surface area contributed by atoms with Gasteiger partial charge in [-0.25, -0.2) is 0 Å². The molecule has 0 saturated carbocycles. The molecule has 10 heteroatoms. The SMILES string of the molecule is CCC(=O)O[C@H](COC(=O)C(C)C)COc1cccc2c1B(O)O[C@@H]2CN.Cl. The van der Waals surface area contributed by atoms with Crippen molar-refractivity contribution < 1.29 is 33.5 Å². The number of hydrogen-bond donors (Lipinski definition) is 2. The molecule has 28 heavy (non-hydrogen) atoms. The number of ether oxygens (including phenoxy) is 3. The van der Waals surface area contributed by atoms with E-state index in [-0.39, 0.29) is 50.5 Å². The molecule has 8 nitrogen and oxygen atoms in total. The average Bonchev–Trinajstić information content (AvgIpc) is 2.99. The van der Waals surface area contributed by atoms with Crippen molar-refractivity contribution in [2.45, 2.75) is 39.4 Å². The quantitative estimate of drug-likeness (QED) is 0.448. The number of rotatable bonds is 9. The predicted octanol–water partition coefficient (Wildman–Crippen LogP) is 0.726. The van der Waals surface area contributed by atoms with E-state index < -0.39 is 25.3 Å². The lowest BCUT2D eigenvalue weighted by molar-refractivity contribution is -0.162. The molecular weight excluding hydrogens is 388 g/mol. The van der Waals surface area contributed by atoms with E-state index >= 15 is 0 Å². The van der Waals surface area contributed by atoms with Crippen LogP contribution in [0.25, 0.3) is 0 Å². The van der Waals surface area contributed by atoms with E-state index in [4.69, 9.17) is 24.6 Å². The Labute approximate surface area is 171 Å². The average molecular weight is 416 g/mol. The van der Waals surface area contributed by atoms with Crippen LogP contribution in [0.1, 0.15) is 38.9 Å². The van der Waals surface area contributed by atoms with E-state index in [9.17, 15) is 14.6 Å². The molecule has 0 unspecified atom stereocenters. The summed E-state index contributed by atoms with van der Waals surface area (Å²) in [5.74, 6) is -0.688. The van der Waals surface area contributed by atoms with Crippen LogP contribution in [0, 0.1) is 5.92 Å². The predicted molar refractivity (Wildman–Crippen MR) is 106 cm³/mol. The molecule has 0 fully saturated rings. The lowest BCUT2D eigenvalue weighted by Crippen LogP contribution is -2.34. The van der Waals surface area contributed by atoms with Gasteiger partial charge in [0, 0.05) is 18.4 Å². The zero-order chi connectivity index (χ0) is 20.0. The summed E-state index contributed by atoms with van der Waals surface area (Å²) in [4.78, 5) is 23.3. The van der Waals surface area contributed by atoms with Gasteiger partial charge in [0.2, 0.25) is 0 Å². The van der Waals surface area contributed by atoms with Crippen LogP contribution in [-0.4, -0.2) is 49.9 Å². The van der Waals surface area contributed by atoms with Crippen LogP contribution in [0.15, 0.2) is 18.2 Å². The smallest absolute Gasteiger partial charge is 0.490 e. The fourth-order valence-electron chi connectivity index (χ4n) is 2.62. The van der Waals surface area contributed by atoms with Crippen molar-refractivity contribution in [1.82, 2.24) is 0 Å². The van der Waals surface area contributed by atoms with Crippen LogP contribution < -0.4 is 15.9 Å². The van der Waals surface area contributed by atoms with Crippen molar-refractivity contribution in [2.75, 3.05) is 19.8 Å². The minimum Gasteiger partial charge on any atom is -0.490 e. The van der Waals surface area contributed by atoms with Crippen LogP contribution in [-0.2, 0) is 23.7 Å². The van der Waals surface area contributed by atoms with Crippen LogP contribution in [0.2, 0.25) is 0 Å². The van der Waals surface area contributed by atoms with Gasteiger partial charge in [-0.2, -0.15) is 0 Å². The van der Waals surface area contributed by atoms with Gasteiger partial charge < -0.3 is 29.6 Å². The largest absolute Gasteiger partial charge is 0.495 e. The molecule has 0 saturated heterocycles. The number of nitrogens with two attached hydrogens (primary N) is 1. The van der Waals surface area contributed by atoms with E-state index in [2.05, 4.69) is 0 Å². The number of fused-ring (bicyclic) bond motifs is 1. The van der Waals surface area contributed by atoms with Crippen molar-refractivity contribution in [2.24, 2.45) is 11.7 Å². The number of carbonyl (C=O) groups excluding carboxylic acids is 2. The standard InChI is InChI=1S/C18H26BNO7.ClH/c1-4-16(21)26-12(10-25-18(22)11(2)3)9-24-14-7-5-6-13-15(8-20)27-19(23)17(13)14;/h5-7,11-12,15,23H,4,8-10,20H2,1-3H3;1H/t12-,15+;/m0./s1. The Morgan fingerprint density at radius 1 is 1.32 bits per heavy atom. The van der Waals surface area contributed by atoms with E-state index in [1.807, 2.05) is 6.07 Å². The topological polar surface area (TPSA) is 117 Å². The summed E-state index contributed by atoms with van der Waals surface area (Å²) in [5, 5.41) is 10.1. The maximum Gasteiger partial charge on any atom is 0.495 e. The fraction of sp³-hybridized carbons (Fsp3) is 0.556. The maximum atomic E-state index is 11.7. The summed E-state index contributed by atoms with van der Waals surface area (Å²) in [6, 6.07) is 5.27. The minimum absolute atomic E-state index is 0. The Morgan fingerprint density at radius 2 is 2.04 bits per heavy atom. The molecule has 1 aromatic carbocycles. The van der Waals surface area contributed by atoms with Gasteiger partial charge in [0.1, 0.15) is 19.0 Å².